The van der Waals surface area contributed by atoms with Gasteiger partial charge in [0.1, 0.15) is 4.21 Å². The van der Waals surface area contributed by atoms with E-state index in [1.165, 1.54) is 15.6 Å². The molecule has 0 unspecified atom stereocenters. The Hall–Kier alpha value is -1.76. The van der Waals surface area contributed by atoms with E-state index < -0.39 is 10.0 Å². The molecule has 0 saturated carbocycles. The fraction of sp³-hybridized carbons (Fsp3) is 0.0588. The van der Waals surface area contributed by atoms with Gasteiger partial charge in [0.2, 0.25) is 0 Å². The molecule has 3 aromatic rings. The minimum absolute atomic E-state index is 0.367. The zero-order valence-corrected chi connectivity index (χ0v) is 14.7. The summed E-state index contributed by atoms with van der Waals surface area (Å²) < 4.78 is 28.3. The van der Waals surface area contributed by atoms with Crippen LogP contribution in [0.15, 0.2) is 74.7 Å². The highest BCUT2D eigenvalue weighted by Gasteiger charge is 2.34. The molecule has 2 aromatic carbocycles. The minimum Gasteiger partial charge on any atom is -0.232 e. The van der Waals surface area contributed by atoms with Gasteiger partial charge < -0.3 is 0 Å². The average molecular weight is 359 g/mol. The Morgan fingerprint density at radius 3 is 1.91 bits per heavy atom. The molecule has 1 aliphatic rings. The average Bonchev–Trinajstić information content (AvgIpc) is 2.99. The molecule has 1 aliphatic heterocycles. The molecule has 0 atom stereocenters. The number of aryl methyl sites for hydroxylation is 1. The zero-order chi connectivity index (χ0) is 16.0. The van der Waals surface area contributed by atoms with Crippen molar-refractivity contribution in [3.63, 3.8) is 0 Å². The first-order chi connectivity index (χ1) is 11.1. The summed E-state index contributed by atoms with van der Waals surface area (Å²) in [5.74, 6) is 0. The normalized spacial score (nSPS) is 13.5. The third-order valence-electron chi connectivity index (χ3n) is 3.60. The molecule has 1 aromatic heterocycles. The molecule has 3 nitrogen and oxygen atoms in total. The van der Waals surface area contributed by atoms with E-state index in [1.54, 1.807) is 17.8 Å². The molecule has 23 heavy (non-hydrogen) atoms. The Kier molecular flexibility index (Phi) is 3.48. The number of fused-ring (bicyclic) bond motifs is 2. The molecular formula is C17H13NO2S3. The monoisotopic (exact) mass is 359 g/mol. The standard InChI is InChI=1S/C17H13NO2S3/c1-12-10-11-17(21-12)23(19,20)18-13-6-2-4-8-15(13)22-16-9-5-3-7-14(16)18/h2-11H,1H3. The lowest BCUT2D eigenvalue weighted by Gasteiger charge is -2.31. The van der Waals surface area contributed by atoms with Gasteiger partial charge in [0.25, 0.3) is 10.0 Å². The quantitative estimate of drug-likeness (QED) is 0.643. The summed E-state index contributed by atoms with van der Waals surface area (Å²) in [5.41, 5.74) is 1.42. The molecule has 0 saturated heterocycles. The third kappa shape index (κ3) is 2.38. The van der Waals surface area contributed by atoms with Crippen molar-refractivity contribution in [2.45, 2.75) is 20.9 Å². The van der Waals surface area contributed by atoms with E-state index in [9.17, 15) is 8.42 Å². The fourth-order valence-corrected chi connectivity index (χ4v) is 6.63. The number of benzene rings is 2. The van der Waals surface area contributed by atoms with Crippen LogP contribution in [0.25, 0.3) is 0 Å². The smallest absolute Gasteiger partial charge is 0.232 e. The van der Waals surface area contributed by atoms with E-state index in [-0.39, 0.29) is 0 Å². The second-order valence-corrected chi connectivity index (χ2v) is 9.56. The summed E-state index contributed by atoms with van der Waals surface area (Å²) in [6.07, 6.45) is 0. The SMILES string of the molecule is Cc1ccc(S(=O)(=O)N2c3ccccc3Sc3ccccc32)s1. The van der Waals surface area contributed by atoms with Crippen molar-refractivity contribution in [3.05, 3.63) is 65.5 Å². The molecule has 0 aliphatic carbocycles. The summed E-state index contributed by atoms with van der Waals surface area (Å²) in [6, 6.07) is 18.8. The lowest BCUT2D eigenvalue weighted by molar-refractivity contribution is 0.597. The highest BCUT2D eigenvalue weighted by Crippen LogP contribution is 2.50. The van der Waals surface area contributed by atoms with E-state index in [4.69, 9.17) is 0 Å². The van der Waals surface area contributed by atoms with Gasteiger partial charge in [0.05, 0.1) is 11.4 Å². The van der Waals surface area contributed by atoms with Crippen LogP contribution in [-0.4, -0.2) is 8.42 Å². The van der Waals surface area contributed by atoms with Crippen molar-refractivity contribution in [1.82, 2.24) is 0 Å². The van der Waals surface area contributed by atoms with Gasteiger partial charge in [-0.3, -0.25) is 0 Å². The van der Waals surface area contributed by atoms with Crippen LogP contribution in [-0.2, 0) is 10.0 Å². The highest BCUT2D eigenvalue weighted by atomic mass is 32.2. The molecule has 0 bridgehead atoms. The van der Waals surface area contributed by atoms with Gasteiger partial charge in [0.15, 0.2) is 0 Å². The van der Waals surface area contributed by atoms with Crippen molar-refractivity contribution in [3.8, 4) is 0 Å². The maximum Gasteiger partial charge on any atom is 0.278 e. The first-order valence-electron chi connectivity index (χ1n) is 7.05. The maximum absolute atomic E-state index is 13.3. The molecule has 4 rings (SSSR count). The Morgan fingerprint density at radius 2 is 1.39 bits per heavy atom. The van der Waals surface area contributed by atoms with Crippen LogP contribution < -0.4 is 4.31 Å². The summed E-state index contributed by atoms with van der Waals surface area (Å²) in [7, 11) is -3.63. The van der Waals surface area contributed by atoms with Crippen molar-refractivity contribution >= 4 is 44.5 Å². The van der Waals surface area contributed by atoms with Gasteiger partial charge in [-0.15, -0.1) is 11.3 Å². The topological polar surface area (TPSA) is 37.4 Å². The van der Waals surface area contributed by atoms with Crippen LogP contribution in [0.3, 0.4) is 0 Å². The first kappa shape index (κ1) is 14.8. The Balaban J connectivity index is 1.98. The third-order valence-corrected chi connectivity index (χ3v) is 7.92. The number of para-hydroxylation sites is 2. The summed E-state index contributed by atoms with van der Waals surface area (Å²) in [6.45, 7) is 1.91. The molecule has 2 heterocycles. The molecule has 116 valence electrons. The van der Waals surface area contributed by atoms with Gasteiger partial charge in [-0.1, -0.05) is 36.0 Å². The lowest BCUT2D eigenvalue weighted by atomic mass is 10.2. The molecule has 6 heteroatoms. The summed E-state index contributed by atoms with van der Waals surface area (Å²) in [4.78, 5) is 2.88. The fourth-order valence-electron chi connectivity index (χ4n) is 2.57. The molecular weight excluding hydrogens is 346 g/mol. The summed E-state index contributed by atoms with van der Waals surface area (Å²) in [5, 5.41) is 0. The van der Waals surface area contributed by atoms with Crippen molar-refractivity contribution < 1.29 is 8.42 Å². The van der Waals surface area contributed by atoms with Crippen LogP contribution in [0, 0.1) is 6.92 Å². The summed E-state index contributed by atoms with van der Waals surface area (Å²) >= 11 is 2.90. The Labute approximate surface area is 143 Å². The molecule has 0 fully saturated rings. The predicted molar refractivity (Wildman–Crippen MR) is 95.4 cm³/mol. The van der Waals surface area contributed by atoms with Crippen molar-refractivity contribution in [1.29, 1.82) is 0 Å². The zero-order valence-electron chi connectivity index (χ0n) is 12.3. The lowest BCUT2D eigenvalue weighted by Crippen LogP contribution is -2.28. The first-order valence-corrected chi connectivity index (χ1v) is 10.1. The predicted octanol–water partition coefficient (Wildman–Crippen LogP) is 5.05. The maximum atomic E-state index is 13.3. The Bertz CT molecular complexity index is 947. The molecule has 0 N–H and O–H groups in total. The van der Waals surface area contributed by atoms with Crippen molar-refractivity contribution in [2.75, 3.05) is 4.31 Å². The number of hydrogen-bond donors (Lipinski definition) is 0. The largest absolute Gasteiger partial charge is 0.278 e. The van der Waals surface area contributed by atoms with E-state index in [0.29, 0.717) is 15.6 Å². The number of anilines is 2. The number of rotatable bonds is 2. The van der Waals surface area contributed by atoms with Crippen LogP contribution >= 0.6 is 23.1 Å². The van der Waals surface area contributed by atoms with Crippen LogP contribution in [0.4, 0.5) is 11.4 Å². The Morgan fingerprint density at radius 1 is 0.826 bits per heavy atom. The van der Waals surface area contributed by atoms with E-state index in [2.05, 4.69) is 0 Å². The van der Waals surface area contributed by atoms with E-state index in [1.807, 2.05) is 61.5 Å². The second-order valence-electron chi connectivity index (χ2n) is 5.17. The molecule has 0 amide bonds. The number of nitrogens with zero attached hydrogens (tertiary/aromatic N) is 1. The van der Waals surface area contributed by atoms with Gasteiger partial charge in [-0.25, -0.2) is 4.31 Å². The van der Waals surface area contributed by atoms with Crippen LogP contribution in [0.5, 0.6) is 0 Å². The second kappa shape index (κ2) is 5.40. The van der Waals surface area contributed by atoms with Crippen LogP contribution in [0.2, 0.25) is 0 Å². The van der Waals surface area contributed by atoms with Crippen molar-refractivity contribution in [2.24, 2.45) is 0 Å². The van der Waals surface area contributed by atoms with Crippen LogP contribution in [0.1, 0.15) is 4.88 Å². The highest BCUT2D eigenvalue weighted by molar-refractivity contribution is 8.00. The van der Waals surface area contributed by atoms with E-state index in [0.717, 1.165) is 14.7 Å². The van der Waals surface area contributed by atoms with Gasteiger partial charge >= 0.3 is 0 Å². The number of thiophene rings is 1. The number of sulfonamides is 1. The van der Waals surface area contributed by atoms with Gasteiger partial charge in [0, 0.05) is 14.7 Å². The van der Waals surface area contributed by atoms with E-state index >= 15 is 0 Å². The minimum atomic E-state index is -3.63. The van der Waals surface area contributed by atoms with Gasteiger partial charge in [-0.05, 0) is 43.3 Å². The molecule has 0 spiro atoms. The molecule has 0 radical (unpaired) electrons. The number of hydrogen-bond acceptors (Lipinski definition) is 4. The van der Waals surface area contributed by atoms with Gasteiger partial charge in [-0.2, -0.15) is 8.42 Å².